The first kappa shape index (κ1) is 16.1. The Bertz CT molecular complexity index is 415. The second-order valence-corrected chi connectivity index (χ2v) is 5.45. The number of carbonyl (C=O) groups excluding carboxylic acids is 1. The largest absolute Gasteiger partial charge is 0.496 e. The van der Waals surface area contributed by atoms with Crippen LogP contribution in [0, 0.1) is 0 Å². The first-order valence-corrected chi connectivity index (χ1v) is 7.52. The van der Waals surface area contributed by atoms with Gasteiger partial charge in [-0.15, -0.1) is 0 Å². The van der Waals surface area contributed by atoms with Gasteiger partial charge in [0.15, 0.2) is 0 Å². The van der Waals surface area contributed by atoms with Gasteiger partial charge in [-0.1, -0.05) is 11.6 Å². The lowest BCUT2D eigenvalue weighted by Gasteiger charge is -2.09. The van der Waals surface area contributed by atoms with E-state index in [-0.39, 0.29) is 12.5 Å². The Kier molecular flexibility index (Phi) is 7.70. The molecule has 0 aliphatic heterocycles. The van der Waals surface area contributed by atoms with Gasteiger partial charge in [-0.25, -0.2) is 0 Å². The van der Waals surface area contributed by atoms with Crippen LogP contribution in [0.15, 0.2) is 18.2 Å². The van der Waals surface area contributed by atoms with Gasteiger partial charge in [-0.05, 0) is 30.4 Å². The van der Waals surface area contributed by atoms with Crippen molar-refractivity contribution >= 4 is 29.3 Å². The van der Waals surface area contributed by atoms with Crippen LogP contribution in [0.25, 0.3) is 0 Å². The fourth-order valence-electron chi connectivity index (χ4n) is 1.45. The van der Waals surface area contributed by atoms with Crippen molar-refractivity contribution in [1.29, 1.82) is 0 Å². The Balaban J connectivity index is 2.41. The summed E-state index contributed by atoms with van der Waals surface area (Å²) in [6.07, 6.45) is 0.781. The molecule has 0 aliphatic rings. The molecule has 0 fully saturated rings. The van der Waals surface area contributed by atoms with Gasteiger partial charge in [0.25, 0.3) is 5.91 Å². The molecule has 0 unspecified atom stereocenters. The highest BCUT2D eigenvalue weighted by Crippen LogP contribution is 2.22. The van der Waals surface area contributed by atoms with E-state index in [9.17, 15) is 4.79 Å². The lowest BCUT2D eigenvalue weighted by molar-refractivity contribution is 0.0953. The summed E-state index contributed by atoms with van der Waals surface area (Å²) in [6, 6.07) is 4.93. The summed E-state index contributed by atoms with van der Waals surface area (Å²) in [5.41, 5.74) is 0.479. The molecule has 0 saturated carbocycles. The van der Waals surface area contributed by atoms with Gasteiger partial charge >= 0.3 is 0 Å². The lowest BCUT2D eigenvalue weighted by Crippen LogP contribution is -2.26. The number of halogens is 1. The molecule has 0 spiro atoms. The fraction of sp³-hybridized carbons (Fsp3) is 0.462. The molecule has 1 aromatic carbocycles. The van der Waals surface area contributed by atoms with E-state index >= 15 is 0 Å². The van der Waals surface area contributed by atoms with E-state index in [0.29, 0.717) is 22.9 Å². The van der Waals surface area contributed by atoms with Crippen molar-refractivity contribution < 1.29 is 14.6 Å². The Hall–Kier alpha value is -0.910. The van der Waals surface area contributed by atoms with Crippen molar-refractivity contribution in [2.24, 2.45) is 0 Å². The zero-order valence-corrected chi connectivity index (χ0v) is 12.4. The number of amides is 1. The highest BCUT2D eigenvalue weighted by Gasteiger charge is 2.11. The van der Waals surface area contributed by atoms with Crippen LogP contribution in [0.3, 0.4) is 0 Å². The van der Waals surface area contributed by atoms with E-state index in [1.165, 1.54) is 7.11 Å². The minimum Gasteiger partial charge on any atom is -0.496 e. The Labute approximate surface area is 122 Å². The van der Waals surface area contributed by atoms with Gasteiger partial charge in [0.1, 0.15) is 5.75 Å². The standard InChI is InChI=1S/C13H18ClNO3S/c1-18-12-9-10(14)3-4-11(12)13(17)15-5-8-19-7-2-6-16/h3-4,9,16H,2,5-8H2,1H3,(H,15,17). The summed E-state index contributed by atoms with van der Waals surface area (Å²) in [4.78, 5) is 11.9. The topological polar surface area (TPSA) is 58.6 Å². The predicted octanol–water partition coefficient (Wildman–Crippen LogP) is 2.19. The molecular weight excluding hydrogens is 286 g/mol. The minimum atomic E-state index is -0.170. The molecule has 0 atom stereocenters. The van der Waals surface area contributed by atoms with E-state index in [2.05, 4.69) is 5.32 Å². The number of aliphatic hydroxyl groups excluding tert-OH is 1. The normalized spacial score (nSPS) is 10.3. The van der Waals surface area contributed by atoms with Gasteiger partial charge in [0.05, 0.1) is 12.7 Å². The van der Waals surface area contributed by atoms with Crippen LogP contribution in [0.4, 0.5) is 0 Å². The van der Waals surface area contributed by atoms with Crippen LogP contribution < -0.4 is 10.1 Å². The van der Waals surface area contributed by atoms with Crippen molar-refractivity contribution in [2.45, 2.75) is 6.42 Å². The van der Waals surface area contributed by atoms with Gasteiger partial charge in [0, 0.05) is 23.9 Å². The number of benzene rings is 1. The average molecular weight is 304 g/mol. The van der Waals surface area contributed by atoms with Crippen LogP contribution in [0.1, 0.15) is 16.8 Å². The van der Waals surface area contributed by atoms with Crippen molar-refractivity contribution in [3.05, 3.63) is 28.8 Å². The third kappa shape index (κ3) is 5.72. The Morgan fingerprint density at radius 1 is 1.47 bits per heavy atom. The van der Waals surface area contributed by atoms with Crippen LogP contribution in [0.2, 0.25) is 5.02 Å². The smallest absolute Gasteiger partial charge is 0.255 e. The van der Waals surface area contributed by atoms with Crippen molar-refractivity contribution in [3.8, 4) is 5.75 Å². The quantitative estimate of drug-likeness (QED) is 0.723. The number of aliphatic hydroxyl groups is 1. The first-order chi connectivity index (χ1) is 9.19. The molecule has 106 valence electrons. The molecule has 1 rings (SSSR count). The molecule has 0 radical (unpaired) electrons. The van der Waals surface area contributed by atoms with Gasteiger partial charge in [-0.3, -0.25) is 4.79 Å². The summed E-state index contributed by atoms with van der Waals surface area (Å²) >= 11 is 7.54. The van der Waals surface area contributed by atoms with Crippen LogP contribution in [0.5, 0.6) is 5.75 Å². The second kappa shape index (κ2) is 9.07. The summed E-state index contributed by atoms with van der Waals surface area (Å²) in [7, 11) is 1.51. The molecule has 0 saturated heterocycles. The van der Waals surface area contributed by atoms with E-state index in [1.807, 2.05) is 0 Å². The summed E-state index contributed by atoms with van der Waals surface area (Å²) in [5.74, 6) is 2.02. The number of methoxy groups -OCH3 is 1. The number of thioether (sulfide) groups is 1. The summed E-state index contributed by atoms with van der Waals surface area (Å²) < 4.78 is 5.13. The van der Waals surface area contributed by atoms with E-state index in [1.54, 1.807) is 30.0 Å². The zero-order valence-electron chi connectivity index (χ0n) is 10.8. The average Bonchev–Trinajstić information content (AvgIpc) is 2.42. The number of hydrogen-bond acceptors (Lipinski definition) is 4. The Morgan fingerprint density at radius 3 is 2.95 bits per heavy atom. The first-order valence-electron chi connectivity index (χ1n) is 5.99. The van der Waals surface area contributed by atoms with Crippen LogP contribution in [-0.2, 0) is 0 Å². The molecule has 1 aromatic rings. The van der Waals surface area contributed by atoms with Crippen molar-refractivity contribution in [3.63, 3.8) is 0 Å². The number of nitrogens with one attached hydrogen (secondary N) is 1. The van der Waals surface area contributed by atoms with Gasteiger partial charge in [-0.2, -0.15) is 11.8 Å². The molecule has 0 heterocycles. The molecule has 0 aromatic heterocycles. The molecule has 2 N–H and O–H groups in total. The lowest BCUT2D eigenvalue weighted by atomic mass is 10.2. The predicted molar refractivity (Wildman–Crippen MR) is 79.4 cm³/mol. The molecule has 0 aliphatic carbocycles. The number of rotatable bonds is 8. The molecule has 4 nitrogen and oxygen atoms in total. The fourth-order valence-corrected chi connectivity index (χ4v) is 2.40. The third-order valence-corrected chi connectivity index (χ3v) is 3.69. The maximum Gasteiger partial charge on any atom is 0.255 e. The Morgan fingerprint density at radius 2 is 2.26 bits per heavy atom. The molecule has 6 heteroatoms. The highest BCUT2D eigenvalue weighted by atomic mass is 35.5. The van der Waals surface area contributed by atoms with Gasteiger partial charge < -0.3 is 15.2 Å². The van der Waals surface area contributed by atoms with Crippen molar-refractivity contribution in [1.82, 2.24) is 5.32 Å². The summed E-state index contributed by atoms with van der Waals surface area (Å²) in [6.45, 7) is 0.794. The van der Waals surface area contributed by atoms with Gasteiger partial charge in [0.2, 0.25) is 0 Å². The number of hydrogen-bond donors (Lipinski definition) is 2. The zero-order chi connectivity index (χ0) is 14.1. The third-order valence-electron chi connectivity index (χ3n) is 2.39. The minimum absolute atomic E-state index is 0.170. The number of ether oxygens (including phenoxy) is 1. The second-order valence-electron chi connectivity index (χ2n) is 3.79. The van der Waals surface area contributed by atoms with E-state index in [4.69, 9.17) is 21.4 Å². The number of carbonyl (C=O) groups is 1. The molecular formula is C13H18ClNO3S. The van der Waals surface area contributed by atoms with Crippen molar-refractivity contribution in [2.75, 3.05) is 31.8 Å². The van der Waals surface area contributed by atoms with Crippen LogP contribution >= 0.6 is 23.4 Å². The van der Waals surface area contributed by atoms with E-state index in [0.717, 1.165) is 17.9 Å². The molecule has 0 bridgehead atoms. The molecule has 1 amide bonds. The van der Waals surface area contributed by atoms with Crippen LogP contribution in [-0.4, -0.2) is 42.8 Å². The highest BCUT2D eigenvalue weighted by molar-refractivity contribution is 7.99. The molecule has 19 heavy (non-hydrogen) atoms. The SMILES string of the molecule is COc1cc(Cl)ccc1C(=O)NCCSCCCO. The van der Waals surface area contributed by atoms with E-state index < -0.39 is 0 Å². The summed E-state index contributed by atoms with van der Waals surface area (Å²) in [5, 5.41) is 12.0. The maximum atomic E-state index is 11.9. The maximum absolute atomic E-state index is 11.9. The monoisotopic (exact) mass is 303 g/mol.